The van der Waals surface area contributed by atoms with Crippen LogP contribution in [0, 0.1) is 17.7 Å². The van der Waals surface area contributed by atoms with E-state index in [2.05, 4.69) is 10.3 Å². The number of carboxylic acids is 1. The molecular formula is C29H25F4N3O6S. The molecule has 3 atom stereocenters. The fourth-order valence-electron chi connectivity index (χ4n) is 5.45. The van der Waals surface area contributed by atoms with Gasteiger partial charge in [-0.15, -0.1) is 0 Å². The Bertz CT molecular complexity index is 1790. The van der Waals surface area contributed by atoms with E-state index in [9.17, 15) is 40.7 Å². The van der Waals surface area contributed by atoms with Gasteiger partial charge in [-0.1, -0.05) is 18.6 Å². The van der Waals surface area contributed by atoms with Crippen LogP contribution >= 0.6 is 0 Å². The molecule has 0 aliphatic heterocycles. The van der Waals surface area contributed by atoms with Crippen LogP contribution in [0.1, 0.15) is 36.3 Å². The van der Waals surface area contributed by atoms with Crippen LogP contribution in [0.3, 0.4) is 0 Å². The first-order chi connectivity index (χ1) is 20.3. The molecule has 14 heteroatoms. The van der Waals surface area contributed by atoms with Crippen molar-refractivity contribution < 1.29 is 45.1 Å². The fraction of sp³-hybridized carbons (Fsp3) is 0.276. The van der Waals surface area contributed by atoms with Crippen molar-refractivity contribution in [3.8, 4) is 0 Å². The molecule has 4 aromatic rings. The summed E-state index contributed by atoms with van der Waals surface area (Å²) < 4.78 is 85.8. The number of halogens is 4. The van der Waals surface area contributed by atoms with Gasteiger partial charge in [-0.2, -0.15) is 13.2 Å². The SMILES string of the molecule is CN(c1ccc([C@H]2CCC[C@@H](C(=O)Nc3ccc(C(F)(F)F)cc3F)[C@@H]2C(=O)O)cc1)S(=O)(=O)c1ccc2ocnc2c1. The number of hydrogen-bond acceptors (Lipinski definition) is 6. The smallest absolute Gasteiger partial charge is 0.416 e. The van der Waals surface area contributed by atoms with E-state index in [-0.39, 0.29) is 17.4 Å². The van der Waals surface area contributed by atoms with E-state index in [0.29, 0.717) is 41.3 Å². The predicted molar refractivity (Wildman–Crippen MR) is 147 cm³/mol. The third kappa shape index (κ3) is 5.91. The number of aromatic nitrogens is 1. The van der Waals surface area contributed by atoms with Gasteiger partial charge in [0, 0.05) is 7.05 Å². The van der Waals surface area contributed by atoms with Crippen molar-refractivity contribution in [3.05, 3.63) is 84.0 Å². The predicted octanol–water partition coefficient (Wildman–Crippen LogP) is 6.03. The van der Waals surface area contributed by atoms with Crippen molar-refractivity contribution in [2.45, 2.75) is 36.3 Å². The summed E-state index contributed by atoms with van der Waals surface area (Å²) in [5, 5.41) is 12.3. The Morgan fingerprint density at radius 1 is 1.05 bits per heavy atom. The summed E-state index contributed by atoms with van der Waals surface area (Å²) in [6.45, 7) is 0. The molecule has 0 saturated heterocycles. The van der Waals surface area contributed by atoms with Crippen molar-refractivity contribution in [1.29, 1.82) is 0 Å². The highest BCUT2D eigenvalue weighted by Gasteiger charge is 2.43. The Morgan fingerprint density at radius 3 is 2.42 bits per heavy atom. The molecule has 3 aromatic carbocycles. The van der Waals surface area contributed by atoms with E-state index in [1.807, 2.05) is 0 Å². The standard InChI is InChI=1S/C29H25F4N3O6S/c1-36(43(40,41)19-10-12-25-24(14-19)34-15-42-25)18-8-5-16(6-9-18)20-3-2-4-21(26(20)28(38)39)27(37)35-23-11-7-17(13-22(23)30)29(31,32)33/h5-15,20-21,26H,2-4H2,1H3,(H,35,37)(H,38,39)/t20-,21-,26-/m1/s1. The fourth-order valence-corrected chi connectivity index (χ4v) is 6.67. The van der Waals surface area contributed by atoms with Crippen molar-refractivity contribution in [2.75, 3.05) is 16.7 Å². The van der Waals surface area contributed by atoms with Crippen LogP contribution in [-0.2, 0) is 25.8 Å². The molecule has 0 bridgehead atoms. The molecule has 1 fully saturated rings. The number of nitrogens with one attached hydrogen (secondary N) is 1. The zero-order chi connectivity index (χ0) is 31.1. The number of nitrogens with zero attached hydrogens (tertiary/aromatic N) is 2. The minimum absolute atomic E-state index is 0.00275. The van der Waals surface area contributed by atoms with E-state index in [0.717, 1.165) is 10.4 Å². The molecule has 0 spiro atoms. The van der Waals surface area contributed by atoms with E-state index >= 15 is 0 Å². The molecule has 1 heterocycles. The first-order valence-corrected chi connectivity index (χ1v) is 14.5. The molecule has 9 nitrogen and oxygen atoms in total. The number of carbonyl (C=O) groups excluding carboxylic acids is 1. The Labute approximate surface area is 243 Å². The summed E-state index contributed by atoms with van der Waals surface area (Å²) in [4.78, 5) is 29.5. The summed E-state index contributed by atoms with van der Waals surface area (Å²) in [5.74, 6) is -6.31. The number of sulfonamides is 1. The third-order valence-corrected chi connectivity index (χ3v) is 9.50. The molecule has 43 heavy (non-hydrogen) atoms. The lowest BCUT2D eigenvalue weighted by Gasteiger charge is -2.35. The molecule has 1 aliphatic rings. The van der Waals surface area contributed by atoms with Gasteiger partial charge in [-0.25, -0.2) is 17.8 Å². The molecule has 5 rings (SSSR count). The number of alkyl halides is 3. The number of oxazole rings is 1. The number of carboxylic acid groups (broad SMARTS) is 1. The average Bonchev–Trinajstić information content (AvgIpc) is 3.45. The second-order valence-corrected chi connectivity index (χ2v) is 12.2. The van der Waals surface area contributed by atoms with Crippen LogP contribution in [0.5, 0.6) is 0 Å². The summed E-state index contributed by atoms with van der Waals surface area (Å²) >= 11 is 0. The quantitative estimate of drug-likeness (QED) is 0.242. The number of benzene rings is 3. The molecule has 0 radical (unpaired) electrons. The molecule has 1 aliphatic carbocycles. The van der Waals surface area contributed by atoms with Crippen LogP contribution in [0.2, 0.25) is 0 Å². The topological polar surface area (TPSA) is 130 Å². The zero-order valence-electron chi connectivity index (χ0n) is 22.5. The van der Waals surface area contributed by atoms with E-state index in [1.165, 1.54) is 43.8 Å². The lowest BCUT2D eigenvalue weighted by atomic mass is 9.69. The number of rotatable bonds is 7. The number of anilines is 2. The lowest BCUT2D eigenvalue weighted by molar-refractivity contribution is -0.148. The second kappa shape index (κ2) is 11.3. The second-order valence-electron chi connectivity index (χ2n) is 10.2. The number of hydrogen-bond donors (Lipinski definition) is 2. The molecule has 2 N–H and O–H groups in total. The van der Waals surface area contributed by atoms with Crippen LogP contribution in [-0.4, -0.2) is 37.4 Å². The van der Waals surface area contributed by atoms with Gasteiger partial charge in [0.05, 0.1) is 33.7 Å². The third-order valence-electron chi connectivity index (χ3n) is 7.72. The van der Waals surface area contributed by atoms with Crippen LogP contribution < -0.4 is 9.62 Å². The summed E-state index contributed by atoms with van der Waals surface area (Å²) in [6, 6.07) is 12.2. The lowest BCUT2D eigenvalue weighted by Crippen LogP contribution is -2.40. The summed E-state index contributed by atoms with van der Waals surface area (Å²) in [6.07, 6.45) is -2.50. The van der Waals surface area contributed by atoms with Gasteiger partial charge in [-0.3, -0.25) is 13.9 Å². The van der Waals surface area contributed by atoms with Crippen LogP contribution in [0.25, 0.3) is 11.1 Å². The van der Waals surface area contributed by atoms with Crippen molar-refractivity contribution in [3.63, 3.8) is 0 Å². The van der Waals surface area contributed by atoms with Gasteiger partial charge >= 0.3 is 12.1 Å². The molecule has 1 saturated carbocycles. The Hall–Kier alpha value is -4.46. The highest BCUT2D eigenvalue weighted by atomic mass is 32.2. The monoisotopic (exact) mass is 619 g/mol. The zero-order valence-corrected chi connectivity index (χ0v) is 23.3. The van der Waals surface area contributed by atoms with Crippen molar-refractivity contribution in [2.24, 2.45) is 11.8 Å². The first kappa shape index (κ1) is 30.0. The minimum Gasteiger partial charge on any atom is -0.481 e. The minimum atomic E-state index is -4.77. The van der Waals surface area contributed by atoms with E-state index in [1.54, 1.807) is 12.1 Å². The molecule has 1 aromatic heterocycles. The van der Waals surface area contributed by atoms with Gasteiger partial charge in [0.1, 0.15) is 11.3 Å². The number of carbonyl (C=O) groups is 2. The van der Waals surface area contributed by atoms with Gasteiger partial charge in [0.2, 0.25) is 5.91 Å². The number of fused-ring (bicyclic) bond motifs is 1. The Morgan fingerprint density at radius 2 is 1.77 bits per heavy atom. The molecular weight excluding hydrogens is 594 g/mol. The van der Waals surface area contributed by atoms with E-state index in [4.69, 9.17) is 4.42 Å². The van der Waals surface area contributed by atoms with Crippen LogP contribution in [0.15, 0.2) is 76.4 Å². The van der Waals surface area contributed by atoms with Gasteiger partial charge in [0.25, 0.3) is 10.0 Å². The van der Waals surface area contributed by atoms with Gasteiger partial charge in [0.15, 0.2) is 12.0 Å². The Balaban J connectivity index is 1.35. The average molecular weight is 620 g/mol. The molecule has 1 amide bonds. The highest BCUT2D eigenvalue weighted by molar-refractivity contribution is 7.92. The maximum atomic E-state index is 14.4. The summed E-state index contributed by atoms with van der Waals surface area (Å²) in [7, 11) is -2.60. The number of aliphatic carboxylic acids is 1. The maximum absolute atomic E-state index is 14.4. The molecule has 226 valence electrons. The molecule has 0 unspecified atom stereocenters. The summed E-state index contributed by atoms with van der Waals surface area (Å²) in [5.41, 5.74) is -0.0325. The Kier molecular flexibility index (Phi) is 7.90. The van der Waals surface area contributed by atoms with Crippen LogP contribution in [0.4, 0.5) is 28.9 Å². The van der Waals surface area contributed by atoms with Crippen molar-refractivity contribution in [1.82, 2.24) is 4.98 Å². The maximum Gasteiger partial charge on any atom is 0.416 e. The largest absolute Gasteiger partial charge is 0.481 e. The van der Waals surface area contributed by atoms with Crippen molar-refractivity contribution >= 4 is 44.4 Å². The van der Waals surface area contributed by atoms with E-state index < -0.39 is 62.9 Å². The van der Waals surface area contributed by atoms with Gasteiger partial charge in [-0.05, 0) is 72.9 Å². The number of amides is 1. The van der Waals surface area contributed by atoms with Gasteiger partial charge < -0.3 is 14.8 Å². The highest BCUT2D eigenvalue weighted by Crippen LogP contribution is 2.43. The first-order valence-electron chi connectivity index (χ1n) is 13.1. The normalized spacial score (nSPS) is 19.2.